The number of nitrogens with zero attached hydrogens (tertiary/aromatic N) is 1. The van der Waals surface area contributed by atoms with Gasteiger partial charge in [0.15, 0.2) is 0 Å². The highest BCUT2D eigenvalue weighted by Gasteiger charge is 2.11. The molecule has 0 spiro atoms. The van der Waals surface area contributed by atoms with E-state index in [2.05, 4.69) is 48.4 Å². The van der Waals surface area contributed by atoms with E-state index in [4.69, 9.17) is 0 Å². The van der Waals surface area contributed by atoms with Gasteiger partial charge in [0.2, 0.25) is 0 Å². The van der Waals surface area contributed by atoms with Crippen LogP contribution in [0.5, 0.6) is 0 Å². The lowest BCUT2D eigenvalue weighted by Gasteiger charge is -2.16. The van der Waals surface area contributed by atoms with Crippen LogP contribution in [0.4, 0.5) is 0 Å². The van der Waals surface area contributed by atoms with Crippen molar-refractivity contribution in [3.8, 4) is 0 Å². The van der Waals surface area contributed by atoms with Crippen molar-refractivity contribution in [1.29, 1.82) is 0 Å². The lowest BCUT2D eigenvalue weighted by Crippen LogP contribution is -2.20. The van der Waals surface area contributed by atoms with E-state index in [1.165, 1.54) is 16.7 Å². The van der Waals surface area contributed by atoms with E-state index in [1.54, 1.807) is 0 Å². The minimum absolute atomic E-state index is 0.271. The molecule has 0 amide bonds. The van der Waals surface area contributed by atoms with Crippen LogP contribution in [0, 0.1) is 13.8 Å². The normalized spacial score (nSPS) is 12.4. The summed E-state index contributed by atoms with van der Waals surface area (Å²) in [6.45, 7) is 4.29. The van der Waals surface area contributed by atoms with Gasteiger partial charge < -0.3 is 5.32 Å². The first-order chi connectivity index (χ1) is 8.69. The third-order valence-electron chi connectivity index (χ3n) is 3.11. The zero-order valence-electron chi connectivity index (χ0n) is 11.3. The van der Waals surface area contributed by atoms with Gasteiger partial charge in [0.1, 0.15) is 0 Å². The highest BCUT2D eigenvalue weighted by atomic mass is 14.9. The first kappa shape index (κ1) is 12.8. The first-order valence-electron chi connectivity index (χ1n) is 6.34. The van der Waals surface area contributed by atoms with E-state index in [9.17, 15) is 0 Å². The predicted molar refractivity (Wildman–Crippen MR) is 75.7 cm³/mol. The number of pyridine rings is 1. The molecule has 2 heteroatoms. The molecule has 0 saturated heterocycles. The topological polar surface area (TPSA) is 24.9 Å². The number of benzene rings is 1. The fourth-order valence-corrected chi connectivity index (χ4v) is 2.36. The van der Waals surface area contributed by atoms with Gasteiger partial charge in [0.25, 0.3) is 0 Å². The molecule has 1 unspecified atom stereocenters. The SMILES string of the molecule is CNC(Cc1cc(C)cc(C)c1)c1ccccn1. The lowest BCUT2D eigenvalue weighted by molar-refractivity contribution is 0.575. The maximum atomic E-state index is 4.43. The molecule has 94 valence electrons. The molecule has 0 aliphatic heterocycles. The maximum Gasteiger partial charge on any atom is 0.0576 e. The maximum absolute atomic E-state index is 4.43. The number of hydrogen-bond acceptors (Lipinski definition) is 2. The van der Waals surface area contributed by atoms with E-state index in [0.717, 1.165) is 12.1 Å². The van der Waals surface area contributed by atoms with Gasteiger partial charge in [-0.3, -0.25) is 4.98 Å². The van der Waals surface area contributed by atoms with Crippen LogP contribution in [0.15, 0.2) is 42.6 Å². The minimum Gasteiger partial charge on any atom is -0.311 e. The number of aryl methyl sites for hydroxylation is 2. The minimum atomic E-state index is 0.271. The Bertz CT molecular complexity index is 486. The number of likely N-dealkylation sites (N-methyl/N-ethyl adjacent to an activating group) is 1. The Morgan fingerprint density at radius 3 is 2.39 bits per heavy atom. The number of hydrogen-bond donors (Lipinski definition) is 1. The molecule has 2 aromatic rings. The molecule has 1 N–H and O–H groups in total. The Morgan fingerprint density at radius 2 is 1.83 bits per heavy atom. The van der Waals surface area contributed by atoms with E-state index in [0.29, 0.717) is 0 Å². The van der Waals surface area contributed by atoms with Crippen LogP contribution in [0.2, 0.25) is 0 Å². The molecular formula is C16H20N2. The number of aromatic nitrogens is 1. The third kappa shape index (κ3) is 3.17. The summed E-state index contributed by atoms with van der Waals surface area (Å²) in [5.41, 5.74) is 5.10. The van der Waals surface area contributed by atoms with Crippen LogP contribution in [-0.4, -0.2) is 12.0 Å². The Hall–Kier alpha value is -1.67. The lowest BCUT2D eigenvalue weighted by atomic mass is 9.99. The van der Waals surface area contributed by atoms with Gasteiger partial charge in [-0.25, -0.2) is 0 Å². The second kappa shape index (κ2) is 5.78. The quantitative estimate of drug-likeness (QED) is 0.887. The molecule has 1 atom stereocenters. The average molecular weight is 240 g/mol. The van der Waals surface area contributed by atoms with E-state index < -0.39 is 0 Å². The Balaban J connectivity index is 2.20. The van der Waals surface area contributed by atoms with E-state index in [-0.39, 0.29) is 6.04 Å². The number of rotatable bonds is 4. The second-order valence-corrected chi connectivity index (χ2v) is 4.80. The summed E-state index contributed by atoms with van der Waals surface area (Å²) in [6, 6.07) is 13.0. The van der Waals surface area contributed by atoms with Crippen LogP contribution in [0.1, 0.15) is 28.4 Å². The van der Waals surface area contributed by atoms with Gasteiger partial charge in [-0.1, -0.05) is 35.4 Å². The van der Waals surface area contributed by atoms with Crippen molar-refractivity contribution in [2.75, 3.05) is 7.05 Å². The smallest absolute Gasteiger partial charge is 0.0576 e. The molecule has 2 nitrogen and oxygen atoms in total. The first-order valence-corrected chi connectivity index (χ1v) is 6.34. The predicted octanol–water partition coefficient (Wildman–Crippen LogP) is 3.20. The van der Waals surface area contributed by atoms with Gasteiger partial charge in [0, 0.05) is 6.20 Å². The summed E-state index contributed by atoms with van der Waals surface area (Å²) >= 11 is 0. The average Bonchev–Trinajstić information content (AvgIpc) is 2.36. The van der Waals surface area contributed by atoms with Crippen molar-refractivity contribution in [1.82, 2.24) is 10.3 Å². The standard InChI is InChI=1S/C16H20N2/c1-12-8-13(2)10-14(9-12)11-16(17-3)15-6-4-5-7-18-15/h4-10,16-17H,11H2,1-3H3. The second-order valence-electron chi connectivity index (χ2n) is 4.80. The highest BCUT2D eigenvalue weighted by Crippen LogP contribution is 2.18. The molecule has 1 aromatic heterocycles. The van der Waals surface area contributed by atoms with Gasteiger partial charge in [-0.15, -0.1) is 0 Å². The molecule has 2 rings (SSSR count). The van der Waals surface area contributed by atoms with Crippen molar-refractivity contribution in [2.45, 2.75) is 26.3 Å². The Kier molecular flexibility index (Phi) is 4.11. The zero-order valence-corrected chi connectivity index (χ0v) is 11.3. The molecule has 1 heterocycles. The molecule has 0 saturated carbocycles. The zero-order chi connectivity index (χ0) is 13.0. The fourth-order valence-electron chi connectivity index (χ4n) is 2.36. The van der Waals surface area contributed by atoms with Crippen LogP contribution >= 0.6 is 0 Å². The summed E-state index contributed by atoms with van der Waals surface area (Å²) in [5.74, 6) is 0. The summed E-state index contributed by atoms with van der Waals surface area (Å²) in [5, 5.41) is 3.34. The van der Waals surface area contributed by atoms with Gasteiger partial charge >= 0.3 is 0 Å². The van der Waals surface area contributed by atoms with Crippen molar-refractivity contribution in [3.05, 3.63) is 65.0 Å². The monoisotopic (exact) mass is 240 g/mol. The fraction of sp³-hybridized carbons (Fsp3) is 0.312. The van der Waals surface area contributed by atoms with Crippen LogP contribution in [0.3, 0.4) is 0 Å². The number of nitrogens with one attached hydrogen (secondary N) is 1. The van der Waals surface area contributed by atoms with Crippen LogP contribution < -0.4 is 5.32 Å². The van der Waals surface area contributed by atoms with Gasteiger partial charge in [0.05, 0.1) is 11.7 Å². The van der Waals surface area contributed by atoms with E-state index >= 15 is 0 Å². The summed E-state index contributed by atoms with van der Waals surface area (Å²) in [6.07, 6.45) is 2.82. The molecule has 0 aliphatic carbocycles. The largest absolute Gasteiger partial charge is 0.311 e. The van der Waals surface area contributed by atoms with Crippen molar-refractivity contribution in [3.63, 3.8) is 0 Å². The molecule has 18 heavy (non-hydrogen) atoms. The molecule has 1 aromatic carbocycles. The van der Waals surface area contributed by atoms with Crippen molar-refractivity contribution < 1.29 is 0 Å². The van der Waals surface area contributed by atoms with Crippen molar-refractivity contribution >= 4 is 0 Å². The van der Waals surface area contributed by atoms with Gasteiger partial charge in [-0.2, -0.15) is 0 Å². The summed E-state index contributed by atoms with van der Waals surface area (Å²) in [7, 11) is 1.99. The van der Waals surface area contributed by atoms with Crippen LogP contribution in [-0.2, 0) is 6.42 Å². The van der Waals surface area contributed by atoms with E-state index in [1.807, 2.05) is 25.4 Å². The molecule has 0 aliphatic rings. The Morgan fingerprint density at radius 1 is 1.11 bits per heavy atom. The van der Waals surface area contributed by atoms with Gasteiger partial charge in [-0.05, 0) is 45.0 Å². The Labute approximate surface area is 109 Å². The summed E-state index contributed by atoms with van der Waals surface area (Å²) < 4.78 is 0. The highest BCUT2D eigenvalue weighted by molar-refractivity contribution is 5.29. The summed E-state index contributed by atoms with van der Waals surface area (Å²) in [4.78, 5) is 4.43. The molecular weight excluding hydrogens is 220 g/mol. The molecule has 0 radical (unpaired) electrons. The molecule has 0 bridgehead atoms. The van der Waals surface area contributed by atoms with Crippen molar-refractivity contribution in [2.24, 2.45) is 0 Å². The van der Waals surface area contributed by atoms with Crippen LogP contribution in [0.25, 0.3) is 0 Å². The third-order valence-corrected chi connectivity index (χ3v) is 3.11. The molecule has 0 fully saturated rings.